The van der Waals surface area contributed by atoms with Gasteiger partial charge in [-0.05, 0) is 18.8 Å². The summed E-state index contributed by atoms with van der Waals surface area (Å²) in [5, 5.41) is 3.17. The van der Waals surface area contributed by atoms with Crippen LogP contribution in [0.1, 0.15) is 46.5 Å². The SMILES string of the molecule is CCCOc1nc(NN)nc(NCCCCC(C)C)n1. The number of unbranched alkanes of at least 4 members (excludes halogenated alkanes) is 1. The summed E-state index contributed by atoms with van der Waals surface area (Å²) < 4.78 is 5.40. The number of nitrogen functional groups attached to an aromatic ring is 1. The van der Waals surface area contributed by atoms with Gasteiger partial charge in [-0.15, -0.1) is 0 Å². The van der Waals surface area contributed by atoms with Crippen molar-refractivity contribution in [2.24, 2.45) is 11.8 Å². The van der Waals surface area contributed by atoms with Gasteiger partial charge >= 0.3 is 6.01 Å². The number of nitrogens with one attached hydrogen (secondary N) is 2. The van der Waals surface area contributed by atoms with E-state index in [1.54, 1.807) is 0 Å². The minimum atomic E-state index is 0.291. The maximum atomic E-state index is 5.40. The van der Waals surface area contributed by atoms with Crippen LogP contribution in [0.25, 0.3) is 0 Å². The maximum Gasteiger partial charge on any atom is 0.323 e. The van der Waals surface area contributed by atoms with E-state index in [2.05, 4.69) is 39.5 Å². The average molecular weight is 282 g/mol. The van der Waals surface area contributed by atoms with E-state index in [0.717, 1.165) is 25.3 Å². The van der Waals surface area contributed by atoms with E-state index in [-0.39, 0.29) is 0 Å². The molecule has 0 saturated heterocycles. The number of nitrogens with two attached hydrogens (primary N) is 1. The number of hydrogen-bond donors (Lipinski definition) is 3. The summed E-state index contributed by atoms with van der Waals surface area (Å²) in [6.45, 7) is 7.89. The first-order chi connectivity index (χ1) is 9.65. The molecule has 0 aliphatic heterocycles. The third-order valence-electron chi connectivity index (χ3n) is 2.67. The van der Waals surface area contributed by atoms with Crippen LogP contribution in [-0.2, 0) is 0 Å². The Morgan fingerprint density at radius 3 is 2.55 bits per heavy atom. The lowest BCUT2D eigenvalue weighted by atomic mass is 10.1. The molecule has 1 aromatic rings. The van der Waals surface area contributed by atoms with Gasteiger partial charge < -0.3 is 10.1 Å². The summed E-state index contributed by atoms with van der Waals surface area (Å²) in [6, 6.07) is 0.291. The van der Waals surface area contributed by atoms with Crippen molar-refractivity contribution in [3.8, 4) is 6.01 Å². The van der Waals surface area contributed by atoms with Gasteiger partial charge in [0.2, 0.25) is 11.9 Å². The van der Waals surface area contributed by atoms with Gasteiger partial charge in [0.05, 0.1) is 6.61 Å². The molecule has 0 unspecified atom stereocenters. The van der Waals surface area contributed by atoms with Crippen LogP contribution < -0.4 is 21.3 Å². The van der Waals surface area contributed by atoms with Gasteiger partial charge in [-0.3, -0.25) is 5.43 Å². The van der Waals surface area contributed by atoms with Crippen molar-refractivity contribution in [3.63, 3.8) is 0 Å². The Balaban J connectivity index is 2.46. The summed E-state index contributed by atoms with van der Waals surface area (Å²) in [4.78, 5) is 12.4. The summed E-state index contributed by atoms with van der Waals surface area (Å²) in [5.41, 5.74) is 2.42. The highest BCUT2D eigenvalue weighted by atomic mass is 16.5. The second-order valence-corrected chi connectivity index (χ2v) is 5.07. The molecule has 1 rings (SSSR count). The number of nitrogens with zero attached hydrogens (tertiary/aromatic N) is 3. The van der Waals surface area contributed by atoms with Crippen LogP contribution in [0, 0.1) is 5.92 Å². The summed E-state index contributed by atoms with van der Waals surface area (Å²) >= 11 is 0. The minimum Gasteiger partial charge on any atom is -0.463 e. The zero-order valence-electron chi connectivity index (χ0n) is 12.6. The molecule has 0 spiro atoms. The van der Waals surface area contributed by atoms with E-state index in [1.807, 2.05) is 6.92 Å². The van der Waals surface area contributed by atoms with E-state index in [9.17, 15) is 0 Å². The normalized spacial score (nSPS) is 10.7. The zero-order valence-corrected chi connectivity index (χ0v) is 12.6. The Kier molecular flexibility index (Phi) is 7.64. The van der Waals surface area contributed by atoms with Crippen molar-refractivity contribution < 1.29 is 4.74 Å². The molecule has 0 radical (unpaired) electrons. The molecule has 114 valence electrons. The predicted octanol–water partition coefficient (Wildman–Crippen LogP) is 2.18. The predicted molar refractivity (Wildman–Crippen MR) is 80.6 cm³/mol. The van der Waals surface area contributed by atoms with Gasteiger partial charge in [0.15, 0.2) is 0 Å². The highest BCUT2D eigenvalue weighted by Crippen LogP contribution is 2.11. The molecule has 4 N–H and O–H groups in total. The second-order valence-electron chi connectivity index (χ2n) is 5.07. The highest BCUT2D eigenvalue weighted by Gasteiger charge is 2.06. The van der Waals surface area contributed by atoms with Gasteiger partial charge in [-0.2, -0.15) is 15.0 Å². The van der Waals surface area contributed by atoms with Crippen molar-refractivity contribution in [1.29, 1.82) is 0 Å². The molecular weight excluding hydrogens is 256 g/mol. The van der Waals surface area contributed by atoms with E-state index in [1.165, 1.54) is 12.8 Å². The number of hydrazine groups is 1. The zero-order chi connectivity index (χ0) is 14.8. The first-order valence-corrected chi connectivity index (χ1v) is 7.25. The summed E-state index contributed by atoms with van der Waals surface area (Å²) in [6.07, 6.45) is 4.41. The fraction of sp³-hybridized carbons (Fsp3) is 0.769. The summed E-state index contributed by atoms with van der Waals surface area (Å²) in [5.74, 6) is 6.88. The molecule has 1 aromatic heterocycles. The number of rotatable bonds is 10. The Labute approximate surface area is 120 Å². The first kappa shape index (κ1) is 16.4. The quantitative estimate of drug-likeness (QED) is 0.344. The molecule has 0 amide bonds. The van der Waals surface area contributed by atoms with Crippen molar-refractivity contribution in [2.75, 3.05) is 23.9 Å². The van der Waals surface area contributed by atoms with Crippen LogP contribution >= 0.6 is 0 Å². The first-order valence-electron chi connectivity index (χ1n) is 7.25. The lowest BCUT2D eigenvalue weighted by Gasteiger charge is -2.09. The van der Waals surface area contributed by atoms with Crippen molar-refractivity contribution in [2.45, 2.75) is 46.5 Å². The Morgan fingerprint density at radius 2 is 1.90 bits per heavy atom. The Bertz CT molecular complexity index is 385. The fourth-order valence-corrected chi connectivity index (χ4v) is 1.64. The molecule has 20 heavy (non-hydrogen) atoms. The largest absolute Gasteiger partial charge is 0.463 e. The van der Waals surface area contributed by atoms with Crippen LogP contribution in [0.4, 0.5) is 11.9 Å². The van der Waals surface area contributed by atoms with Gasteiger partial charge in [0, 0.05) is 6.54 Å². The van der Waals surface area contributed by atoms with Gasteiger partial charge in [0.1, 0.15) is 0 Å². The van der Waals surface area contributed by atoms with Crippen LogP contribution in [0.15, 0.2) is 0 Å². The molecule has 1 heterocycles. The molecule has 0 bridgehead atoms. The van der Waals surface area contributed by atoms with Crippen LogP contribution in [0.3, 0.4) is 0 Å². The minimum absolute atomic E-state index is 0.291. The molecule has 0 atom stereocenters. The van der Waals surface area contributed by atoms with Crippen LogP contribution in [0.2, 0.25) is 0 Å². The molecule has 0 aliphatic carbocycles. The fourth-order valence-electron chi connectivity index (χ4n) is 1.64. The van der Waals surface area contributed by atoms with Gasteiger partial charge in [-0.1, -0.05) is 33.6 Å². The topological polar surface area (TPSA) is 98.0 Å². The molecule has 0 aliphatic rings. The number of ether oxygens (including phenoxy) is 1. The summed E-state index contributed by atoms with van der Waals surface area (Å²) in [7, 11) is 0. The molecule has 0 aromatic carbocycles. The monoisotopic (exact) mass is 282 g/mol. The van der Waals surface area contributed by atoms with Crippen molar-refractivity contribution in [1.82, 2.24) is 15.0 Å². The van der Waals surface area contributed by atoms with Crippen molar-refractivity contribution in [3.05, 3.63) is 0 Å². The molecule has 0 fully saturated rings. The standard InChI is InChI=1S/C13H26N6O/c1-4-9-20-13-17-11(16-12(18-13)19-14)15-8-6-5-7-10(2)3/h10H,4-9,14H2,1-3H3,(H2,15,16,17,18,19). The molecular formula is C13H26N6O. The van der Waals surface area contributed by atoms with Gasteiger partial charge in [-0.25, -0.2) is 5.84 Å². The third kappa shape index (κ3) is 6.51. The molecule has 7 nitrogen and oxygen atoms in total. The van der Waals surface area contributed by atoms with Crippen molar-refractivity contribution >= 4 is 11.9 Å². The number of hydrogen-bond acceptors (Lipinski definition) is 7. The van der Waals surface area contributed by atoms with Crippen LogP contribution in [0.5, 0.6) is 6.01 Å². The highest BCUT2D eigenvalue weighted by molar-refractivity contribution is 5.34. The lowest BCUT2D eigenvalue weighted by molar-refractivity contribution is 0.292. The van der Waals surface area contributed by atoms with E-state index < -0.39 is 0 Å². The third-order valence-corrected chi connectivity index (χ3v) is 2.67. The Morgan fingerprint density at radius 1 is 1.15 bits per heavy atom. The molecule has 0 saturated carbocycles. The van der Waals surface area contributed by atoms with Gasteiger partial charge in [0.25, 0.3) is 0 Å². The van der Waals surface area contributed by atoms with E-state index >= 15 is 0 Å². The molecule has 7 heteroatoms. The van der Waals surface area contributed by atoms with Crippen LogP contribution in [-0.4, -0.2) is 28.1 Å². The number of aromatic nitrogens is 3. The van der Waals surface area contributed by atoms with E-state index in [4.69, 9.17) is 10.6 Å². The maximum absolute atomic E-state index is 5.40. The Hall–Kier alpha value is -1.63. The second kappa shape index (κ2) is 9.30. The average Bonchev–Trinajstić information content (AvgIpc) is 2.44. The smallest absolute Gasteiger partial charge is 0.323 e. The van der Waals surface area contributed by atoms with E-state index in [0.29, 0.717) is 24.5 Å². The number of anilines is 2. The lowest BCUT2D eigenvalue weighted by Crippen LogP contribution is -2.15.